The highest BCUT2D eigenvalue weighted by atomic mass is 35.5. The molecule has 0 aliphatic carbocycles. The lowest BCUT2D eigenvalue weighted by atomic mass is 10.2. The lowest BCUT2D eigenvalue weighted by Gasteiger charge is -2.21. The lowest BCUT2D eigenvalue weighted by molar-refractivity contribution is 0.604. The van der Waals surface area contributed by atoms with E-state index in [1.165, 1.54) is 12.1 Å². The molecule has 0 unspecified atom stereocenters. The van der Waals surface area contributed by atoms with E-state index < -0.39 is 9.84 Å². The molecule has 0 aromatic heterocycles. The predicted molar refractivity (Wildman–Crippen MR) is 103 cm³/mol. The quantitative estimate of drug-likeness (QED) is 0.597. The van der Waals surface area contributed by atoms with Crippen molar-refractivity contribution in [3.05, 3.63) is 59.5 Å². The fourth-order valence-electron chi connectivity index (χ4n) is 2.27. The molecule has 0 amide bonds. The van der Waals surface area contributed by atoms with E-state index in [-0.39, 0.29) is 4.90 Å². The standard InChI is InChI=1S/C18H20ClN3O2S/c1-4-22(5-2)15-9-12-18(17(19)13-15)21-20-14-7-10-16(11-8-14)25(23,24)6-3/h6-13H,3-5H2,1-2H3. The molecule has 25 heavy (non-hydrogen) atoms. The van der Waals surface area contributed by atoms with Gasteiger partial charge in [0, 0.05) is 24.2 Å². The van der Waals surface area contributed by atoms with E-state index in [4.69, 9.17) is 11.6 Å². The number of benzene rings is 2. The maximum Gasteiger partial charge on any atom is 0.199 e. The van der Waals surface area contributed by atoms with E-state index in [0.717, 1.165) is 24.2 Å². The minimum Gasteiger partial charge on any atom is -0.372 e. The molecule has 0 aliphatic rings. The fraction of sp³-hybridized carbons (Fsp3) is 0.222. The molecule has 132 valence electrons. The zero-order valence-electron chi connectivity index (χ0n) is 14.2. The van der Waals surface area contributed by atoms with Crippen LogP contribution in [0.4, 0.5) is 17.1 Å². The number of sulfone groups is 1. The molecule has 0 saturated carbocycles. The van der Waals surface area contributed by atoms with Crippen LogP contribution >= 0.6 is 11.6 Å². The van der Waals surface area contributed by atoms with Crippen LogP contribution in [0, 0.1) is 0 Å². The van der Waals surface area contributed by atoms with Gasteiger partial charge in [-0.05, 0) is 56.3 Å². The zero-order valence-corrected chi connectivity index (χ0v) is 15.8. The second-order valence-corrected chi connectivity index (χ2v) is 7.52. The molecule has 2 aromatic carbocycles. The van der Waals surface area contributed by atoms with Gasteiger partial charge in [0.2, 0.25) is 0 Å². The molecule has 2 rings (SSSR count). The van der Waals surface area contributed by atoms with Crippen molar-refractivity contribution in [3.8, 4) is 0 Å². The minimum absolute atomic E-state index is 0.169. The van der Waals surface area contributed by atoms with Crippen LogP contribution in [0.25, 0.3) is 0 Å². The zero-order chi connectivity index (χ0) is 18.4. The third-order valence-electron chi connectivity index (χ3n) is 3.72. The van der Waals surface area contributed by atoms with Crippen molar-refractivity contribution in [3.63, 3.8) is 0 Å². The first kappa shape index (κ1) is 19.1. The third-order valence-corrected chi connectivity index (χ3v) is 5.39. The van der Waals surface area contributed by atoms with Gasteiger partial charge in [-0.15, -0.1) is 5.11 Å². The van der Waals surface area contributed by atoms with E-state index in [1.54, 1.807) is 12.1 Å². The summed E-state index contributed by atoms with van der Waals surface area (Å²) in [7, 11) is -3.44. The van der Waals surface area contributed by atoms with Crippen LogP contribution < -0.4 is 4.90 Å². The molecule has 7 heteroatoms. The van der Waals surface area contributed by atoms with Crippen LogP contribution in [0.2, 0.25) is 5.02 Å². The van der Waals surface area contributed by atoms with E-state index >= 15 is 0 Å². The number of nitrogens with zero attached hydrogens (tertiary/aromatic N) is 3. The third kappa shape index (κ3) is 4.67. The summed E-state index contributed by atoms with van der Waals surface area (Å²) in [6.45, 7) is 9.26. The monoisotopic (exact) mass is 377 g/mol. The van der Waals surface area contributed by atoms with Crippen LogP contribution in [-0.4, -0.2) is 21.5 Å². The van der Waals surface area contributed by atoms with Crippen molar-refractivity contribution in [1.82, 2.24) is 0 Å². The Kier molecular flexibility index (Phi) is 6.33. The summed E-state index contributed by atoms with van der Waals surface area (Å²) in [6, 6.07) is 11.7. The molecular weight excluding hydrogens is 358 g/mol. The molecule has 2 aromatic rings. The van der Waals surface area contributed by atoms with Gasteiger partial charge in [0.15, 0.2) is 9.84 Å². The van der Waals surface area contributed by atoms with Gasteiger partial charge in [0.1, 0.15) is 5.69 Å². The highest BCUT2D eigenvalue weighted by Crippen LogP contribution is 2.31. The Hall–Kier alpha value is -2.18. The molecule has 0 radical (unpaired) electrons. The van der Waals surface area contributed by atoms with Crippen LogP contribution in [-0.2, 0) is 9.84 Å². The van der Waals surface area contributed by atoms with Gasteiger partial charge < -0.3 is 4.90 Å². The first-order valence-corrected chi connectivity index (χ1v) is 9.77. The predicted octanol–water partition coefficient (Wildman–Crippen LogP) is 5.52. The second-order valence-electron chi connectivity index (χ2n) is 5.21. The highest BCUT2D eigenvalue weighted by molar-refractivity contribution is 7.94. The van der Waals surface area contributed by atoms with Crippen LogP contribution in [0.1, 0.15) is 13.8 Å². The number of anilines is 1. The minimum atomic E-state index is -3.44. The normalized spacial score (nSPS) is 11.6. The Morgan fingerprint density at radius 3 is 2.24 bits per heavy atom. The number of hydrogen-bond acceptors (Lipinski definition) is 5. The van der Waals surface area contributed by atoms with Gasteiger partial charge in [-0.25, -0.2) is 8.42 Å². The van der Waals surface area contributed by atoms with E-state index in [2.05, 4.69) is 35.6 Å². The maximum absolute atomic E-state index is 11.7. The molecule has 0 N–H and O–H groups in total. The SMILES string of the molecule is C=CS(=O)(=O)c1ccc(N=Nc2ccc(N(CC)CC)cc2Cl)cc1. The highest BCUT2D eigenvalue weighted by Gasteiger charge is 2.09. The van der Waals surface area contributed by atoms with Gasteiger partial charge in [0.05, 0.1) is 15.6 Å². The molecule has 0 bridgehead atoms. The second kappa shape index (κ2) is 8.27. The lowest BCUT2D eigenvalue weighted by Crippen LogP contribution is -2.21. The summed E-state index contributed by atoms with van der Waals surface area (Å²) >= 11 is 6.29. The van der Waals surface area contributed by atoms with Crippen molar-refractivity contribution in [2.75, 3.05) is 18.0 Å². The average molecular weight is 378 g/mol. The molecule has 0 saturated heterocycles. The molecule has 0 atom stereocenters. The summed E-state index contributed by atoms with van der Waals surface area (Å²) < 4.78 is 23.4. The average Bonchev–Trinajstić information content (AvgIpc) is 2.62. The molecule has 0 fully saturated rings. The van der Waals surface area contributed by atoms with Crippen molar-refractivity contribution in [2.24, 2.45) is 10.2 Å². The summed E-state index contributed by atoms with van der Waals surface area (Å²) in [6.07, 6.45) is 0. The number of azo groups is 1. The first-order valence-electron chi connectivity index (χ1n) is 7.85. The summed E-state index contributed by atoms with van der Waals surface area (Å²) in [5, 5.41) is 9.68. The largest absolute Gasteiger partial charge is 0.372 e. The summed E-state index contributed by atoms with van der Waals surface area (Å²) in [4.78, 5) is 2.36. The van der Waals surface area contributed by atoms with Gasteiger partial charge >= 0.3 is 0 Å². The molecule has 5 nitrogen and oxygen atoms in total. The number of hydrogen-bond donors (Lipinski definition) is 0. The molecule has 0 aliphatic heterocycles. The molecule has 0 spiro atoms. The summed E-state index contributed by atoms with van der Waals surface area (Å²) in [5.41, 5.74) is 2.13. The molecular formula is C18H20ClN3O2S. The number of halogens is 1. The Balaban J connectivity index is 2.20. The van der Waals surface area contributed by atoms with Gasteiger partial charge in [-0.3, -0.25) is 0 Å². The van der Waals surface area contributed by atoms with Gasteiger partial charge in [-0.1, -0.05) is 18.2 Å². The Bertz CT molecular complexity index is 874. The smallest absolute Gasteiger partial charge is 0.199 e. The van der Waals surface area contributed by atoms with Crippen molar-refractivity contribution in [1.29, 1.82) is 0 Å². The maximum atomic E-state index is 11.7. The van der Waals surface area contributed by atoms with Gasteiger partial charge in [0.25, 0.3) is 0 Å². The van der Waals surface area contributed by atoms with Crippen molar-refractivity contribution >= 4 is 38.5 Å². The topological polar surface area (TPSA) is 62.1 Å². The van der Waals surface area contributed by atoms with Crippen LogP contribution in [0.3, 0.4) is 0 Å². The fourth-order valence-corrected chi connectivity index (χ4v) is 3.19. The first-order chi connectivity index (χ1) is 11.9. The van der Waals surface area contributed by atoms with E-state index in [9.17, 15) is 8.42 Å². The summed E-state index contributed by atoms with van der Waals surface area (Å²) in [5.74, 6) is 0. The Morgan fingerprint density at radius 2 is 1.72 bits per heavy atom. The van der Waals surface area contributed by atoms with Crippen molar-refractivity contribution < 1.29 is 8.42 Å². The van der Waals surface area contributed by atoms with Gasteiger partial charge in [-0.2, -0.15) is 5.11 Å². The Morgan fingerprint density at radius 1 is 1.08 bits per heavy atom. The Labute approximate surface area is 153 Å². The van der Waals surface area contributed by atoms with Crippen LogP contribution in [0.15, 0.2) is 69.6 Å². The van der Waals surface area contributed by atoms with Crippen LogP contribution in [0.5, 0.6) is 0 Å². The molecule has 0 heterocycles. The van der Waals surface area contributed by atoms with E-state index in [1.807, 2.05) is 18.2 Å². The van der Waals surface area contributed by atoms with Crippen molar-refractivity contribution in [2.45, 2.75) is 18.7 Å². The van der Waals surface area contributed by atoms with E-state index in [0.29, 0.717) is 16.4 Å². The number of rotatable bonds is 7.